The van der Waals surface area contributed by atoms with Crippen molar-refractivity contribution in [3.05, 3.63) is 0 Å². The van der Waals surface area contributed by atoms with Crippen LogP contribution in [0, 0.1) is 0 Å². The van der Waals surface area contributed by atoms with Crippen LogP contribution < -0.4 is 11.3 Å². The van der Waals surface area contributed by atoms with Crippen LogP contribution in [0.25, 0.3) is 0 Å². The lowest BCUT2D eigenvalue weighted by atomic mass is 9.99. The third-order valence-electron chi connectivity index (χ3n) is 2.13. The number of rotatable bonds is 6. The predicted octanol–water partition coefficient (Wildman–Crippen LogP) is 1.29. The van der Waals surface area contributed by atoms with Gasteiger partial charge in [-0.05, 0) is 26.7 Å². The number of alkyl halides is 2. The maximum atomic E-state index is 12.2. The highest BCUT2D eigenvalue weighted by Crippen LogP contribution is 2.18. The first kappa shape index (κ1) is 12.7. The average Bonchev–Trinajstić information content (AvgIpc) is 2.05. The first-order valence-corrected chi connectivity index (χ1v) is 4.22. The first-order valence-electron chi connectivity index (χ1n) is 4.22. The molecule has 0 bridgehead atoms. The maximum absolute atomic E-state index is 12.2. The van der Waals surface area contributed by atoms with Crippen molar-refractivity contribution in [2.75, 3.05) is 7.11 Å². The molecule has 0 aromatic carbocycles. The Balaban J connectivity index is 3.85. The lowest BCUT2D eigenvalue weighted by Crippen LogP contribution is -2.41. The van der Waals surface area contributed by atoms with Crippen molar-refractivity contribution >= 4 is 0 Å². The standard InChI is InChI=1S/C8H18F2N2O/c1-8(2,13-3)5-4-6(12-11)7(9)10/h6-7,12H,4-5,11H2,1-3H3. The number of hydrazine groups is 1. The monoisotopic (exact) mass is 196 g/mol. The van der Waals surface area contributed by atoms with Crippen molar-refractivity contribution in [2.45, 2.75) is 44.8 Å². The number of nitrogens with one attached hydrogen (secondary N) is 1. The molecule has 13 heavy (non-hydrogen) atoms. The molecule has 0 heterocycles. The zero-order valence-electron chi connectivity index (χ0n) is 8.31. The topological polar surface area (TPSA) is 47.3 Å². The van der Waals surface area contributed by atoms with Gasteiger partial charge in [0.15, 0.2) is 0 Å². The van der Waals surface area contributed by atoms with Crippen LogP contribution in [-0.4, -0.2) is 25.2 Å². The molecule has 0 rings (SSSR count). The minimum Gasteiger partial charge on any atom is -0.379 e. The first-order chi connectivity index (χ1) is 5.93. The van der Waals surface area contributed by atoms with Gasteiger partial charge < -0.3 is 4.74 Å². The fourth-order valence-corrected chi connectivity index (χ4v) is 0.887. The molecule has 0 aliphatic carbocycles. The van der Waals surface area contributed by atoms with Crippen molar-refractivity contribution in [2.24, 2.45) is 5.84 Å². The van der Waals surface area contributed by atoms with E-state index in [1.807, 2.05) is 13.8 Å². The van der Waals surface area contributed by atoms with Gasteiger partial charge in [-0.25, -0.2) is 8.78 Å². The Kier molecular flexibility index (Phi) is 5.36. The second-order valence-corrected chi connectivity index (χ2v) is 3.61. The Hall–Kier alpha value is -0.260. The summed E-state index contributed by atoms with van der Waals surface area (Å²) in [6.45, 7) is 3.71. The highest BCUT2D eigenvalue weighted by atomic mass is 19.3. The van der Waals surface area contributed by atoms with Gasteiger partial charge in [-0.3, -0.25) is 11.3 Å². The second kappa shape index (κ2) is 5.47. The predicted molar refractivity (Wildman–Crippen MR) is 47.4 cm³/mol. The van der Waals surface area contributed by atoms with E-state index in [4.69, 9.17) is 10.6 Å². The smallest absolute Gasteiger partial charge is 0.255 e. The van der Waals surface area contributed by atoms with Crippen LogP contribution in [0.3, 0.4) is 0 Å². The van der Waals surface area contributed by atoms with Crippen molar-refractivity contribution in [3.63, 3.8) is 0 Å². The summed E-state index contributed by atoms with van der Waals surface area (Å²) >= 11 is 0. The minimum atomic E-state index is -2.43. The Bertz CT molecular complexity index is 142. The summed E-state index contributed by atoms with van der Waals surface area (Å²) in [4.78, 5) is 0. The van der Waals surface area contributed by atoms with E-state index in [1.165, 1.54) is 0 Å². The molecular weight excluding hydrogens is 178 g/mol. The molecule has 0 saturated carbocycles. The van der Waals surface area contributed by atoms with Crippen LogP contribution in [0.1, 0.15) is 26.7 Å². The number of hydrogen-bond donors (Lipinski definition) is 2. The molecule has 0 spiro atoms. The summed E-state index contributed by atoms with van der Waals surface area (Å²) in [5.74, 6) is 4.97. The fourth-order valence-electron chi connectivity index (χ4n) is 0.887. The van der Waals surface area contributed by atoms with Crippen LogP contribution >= 0.6 is 0 Å². The summed E-state index contributed by atoms with van der Waals surface area (Å²) in [5.41, 5.74) is 1.72. The van der Waals surface area contributed by atoms with Crippen LogP contribution in [-0.2, 0) is 4.74 Å². The lowest BCUT2D eigenvalue weighted by Gasteiger charge is -2.25. The molecule has 1 atom stereocenters. The fraction of sp³-hybridized carbons (Fsp3) is 1.00. The molecule has 0 aromatic heterocycles. The lowest BCUT2D eigenvalue weighted by molar-refractivity contribution is 0.00377. The van der Waals surface area contributed by atoms with Gasteiger partial charge >= 0.3 is 0 Å². The van der Waals surface area contributed by atoms with Gasteiger partial charge in [-0.1, -0.05) is 0 Å². The van der Waals surface area contributed by atoms with Gasteiger partial charge in [0.05, 0.1) is 11.6 Å². The highest BCUT2D eigenvalue weighted by Gasteiger charge is 2.23. The van der Waals surface area contributed by atoms with Crippen LogP contribution in [0.5, 0.6) is 0 Å². The van der Waals surface area contributed by atoms with Crippen LogP contribution in [0.4, 0.5) is 8.78 Å². The van der Waals surface area contributed by atoms with E-state index in [0.717, 1.165) is 0 Å². The van der Waals surface area contributed by atoms with Gasteiger partial charge in [0.1, 0.15) is 0 Å². The number of halogens is 2. The Morgan fingerprint density at radius 1 is 1.46 bits per heavy atom. The average molecular weight is 196 g/mol. The van der Waals surface area contributed by atoms with E-state index < -0.39 is 12.5 Å². The van der Waals surface area contributed by atoms with Gasteiger partial charge in [-0.15, -0.1) is 0 Å². The number of nitrogens with two attached hydrogens (primary N) is 1. The highest BCUT2D eigenvalue weighted by molar-refractivity contribution is 4.74. The van der Waals surface area contributed by atoms with E-state index in [2.05, 4.69) is 5.43 Å². The van der Waals surface area contributed by atoms with E-state index >= 15 is 0 Å². The van der Waals surface area contributed by atoms with Gasteiger partial charge in [0.25, 0.3) is 6.43 Å². The SMILES string of the molecule is COC(C)(C)CCC(NN)C(F)F. The maximum Gasteiger partial charge on any atom is 0.255 e. The van der Waals surface area contributed by atoms with Crippen molar-refractivity contribution < 1.29 is 13.5 Å². The largest absolute Gasteiger partial charge is 0.379 e. The van der Waals surface area contributed by atoms with Crippen molar-refractivity contribution in [3.8, 4) is 0 Å². The summed E-state index contributed by atoms with van der Waals surface area (Å²) in [6, 6.07) is -0.950. The summed E-state index contributed by atoms with van der Waals surface area (Å²) in [6.07, 6.45) is -1.59. The molecule has 0 radical (unpaired) electrons. The normalized spacial score (nSPS) is 15.0. The van der Waals surface area contributed by atoms with Crippen molar-refractivity contribution in [1.29, 1.82) is 0 Å². The van der Waals surface area contributed by atoms with Crippen LogP contribution in [0.15, 0.2) is 0 Å². The number of hydrogen-bond acceptors (Lipinski definition) is 3. The molecule has 3 N–H and O–H groups in total. The summed E-state index contributed by atoms with van der Waals surface area (Å²) in [7, 11) is 1.56. The zero-order valence-corrected chi connectivity index (χ0v) is 8.31. The van der Waals surface area contributed by atoms with Crippen molar-refractivity contribution in [1.82, 2.24) is 5.43 Å². The molecule has 0 aliphatic heterocycles. The number of methoxy groups -OCH3 is 1. The molecule has 1 unspecified atom stereocenters. The molecule has 0 amide bonds. The molecule has 80 valence electrons. The van der Waals surface area contributed by atoms with E-state index in [1.54, 1.807) is 7.11 Å². The molecule has 0 saturated heterocycles. The zero-order chi connectivity index (χ0) is 10.5. The van der Waals surface area contributed by atoms with Gasteiger partial charge in [0.2, 0.25) is 0 Å². The third kappa shape index (κ3) is 5.13. The van der Waals surface area contributed by atoms with E-state index in [9.17, 15) is 8.78 Å². The van der Waals surface area contributed by atoms with Crippen LogP contribution in [0.2, 0.25) is 0 Å². The Morgan fingerprint density at radius 3 is 2.31 bits per heavy atom. The molecule has 0 aliphatic rings. The molecule has 0 aromatic rings. The second-order valence-electron chi connectivity index (χ2n) is 3.61. The van der Waals surface area contributed by atoms with E-state index in [0.29, 0.717) is 12.8 Å². The number of ether oxygens (including phenoxy) is 1. The molecular formula is C8H18F2N2O. The van der Waals surface area contributed by atoms with Gasteiger partial charge in [-0.2, -0.15) is 0 Å². The Labute approximate surface area is 77.6 Å². The van der Waals surface area contributed by atoms with E-state index in [-0.39, 0.29) is 5.60 Å². The summed E-state index contributed by atoms with van der Waals surface area (Å²) in [5, 5.41) is 0. The van der Waals surface area contributed by atoms with Gasteiger partial charge in [0, 0.05) is 7.11 Å². The molecule has 5 heteroatoms. The quantitative estimate of drug-likeness (QED) is 0.497. The third-order valence-corrected chi connectivity index (χ3v) is 2.13. The summed E-state index contributed by atoms with van der Waals surface area (Å²) < 4.78 is 29.5. The minimum absolute atomic E-state index is 0.301. The Morgan fingerprint density at radius 2 is 2.00 bits per heavy atom. The molecule has 3 nitrogen and oxygen atoms in total. The molecule has 0 fully saturated rings.